The van der Waals surface area contributed by atoms with Crippen LogP contribution in [0.25, 0.3) is 0 Å². The van der Waals surface area contributed by atoms with Crippen molar-refractivity contribution in [3.05, 3.63) is 34.6 Å². The van der Waals surface area contributed by atoms with E-state index in [1.54, 1.807) is 6.07 Å². The summed E-state index contributed by atoms with van der Waals surface area (Å²) in [5, 5.41) is 9.29. The Morgan fingerprint density at radius 1 is 1.41 bits per heavy atom. The van der Waals surface area contributed by atoms with Crippen LogP contribution in [0.1, 0.15) is 17.9 Å². The second kappa shape index (κ2) is 5.85. The maximum absolute atomic E-state index is 13.9. The Balaban J connectivity index is 1.69. The first kappa shape index (κ1) is 15.2. The van der Waals surface area contributed by atoms with E-state index in [0.717, 1.165) is 0 Å². The first-order valence-electron chi connectivity index (χ1n) is 7.06. The van der Waals surface area contributed by atoms with Crippen LogP contribution in [0.2, 0.25) is 5.02 Å². The van der Waals surface area contributed by atoms with Gasteiger partial charge in [-0.1, -0.05) is 17.7 Å². The van der Waals surface area contributed by atoms with Crippen LogP contribution in [0.3, 0.4) is 0 Å². The summed E-state index contributed by atoms with van der Waals surface area (Å²) in [6.07, 6.45) is -0.457. The molecule has 1 aromatic rings. The summed E-state index contributed by atoms with van der Waals surface area (Å²) in [5.41, 5.74) is 0.380. The summed E-state index contributed by atoms with van der Waals surface area (Å²) in [7, 11) is 0. The minimum atomic E-state index is -1.08. The van der Waals surface area contributed by atoms with Gasteiger partial charge < -0.3 is 14.7 Å². The fraction of sp³-hybridized carbons (Fsp3) is 0.467. The predicted octanol–water partition coefficient (Wildman–Crippen LogP) is 1.89. The number of rotatable bonds is 3. The number of hydrogen-bond donors (Lipinski definition) is 1. The normalized spacial score (nSPS) is 27.5. The standard InChI is InChI=1S/C15H15ClFNO4/c16-10-2-1-3-11(17)13(10)8-6-9(8)14(19)18-4-5-22-12(7-18)15(20)21/h1-3,8-9,12H,4-7H2,(H,20,21)/t8-,9+,12-/m0/s1. The largest absolute Gasteiger partial charge is 0.479 e. The van der Waals surface area contributed by atoms with Crippen LogP contribution in [0.4, 0.5) is 4.39 Å². The van der Waals surface area contributed by atoms with Gasteiger partial charge in [-0.15, -0.1) is 0 Å². The Hall–Kier alpha value is -1.66. The third kappa shape index (κ3) is 2.80. The number of carbonyl (C=O) groups is 2. The summed E-state index contributed by atoms with van der Waals surface area (Å²) in [5.74, 6) is -2.20. The van der Waals surface area contributed by atoms with Gasteiger partial charge in [-0.05, 0) is 18.6 Å². The third-order valence-electron chi connectivity index (χ3n) is 4.13. The molecule has 1 heterocycles. The number of carbonyl (C=O) groups excluding carboxylic acids is 1. The Bertz CT molecular complexity index is 603. The van der Waals surface area contributed by atoms with Crippen LogP contribution < -0.4 is 0 Å². The molecule has 1 amide bonds. The van der Waals surface area contributed by atoms with Crippen molar-refractivity contribution in [2.75, 3.05) is 19.7 Å². The third-order valence-corrected chi connectivity index (χ3v) is 4.46. The summed E-state index contributed by atoms with van der Waals surface area (Å²) in [6.45, 7) is 0.583. The van der Waals surface area contributed by atoms with Crippen LogP contribution in [0.15, 0.2) is 18.2 Å². The van der Waals surface area contributed by atoms with Crippen molar-refractivity contribution in [2.24, 2.45) is 5.92 Å². The topological polar surface area (TPSA) is 66.8 Å². The molecule has 5 nitrogen and oxygen atoms in total. The zero-order valence-corrected chi connectivity index (χ0v) is 12.4. The molecule has 1 aliphatic carbocycles. The van der Waals surface area contributed by atoms with Crippen LogP contribution in [-0.2, 0) is 14.3 Å². The monoisotopic (exact) mass is 327 g/mol. The summed E-state index contributed by atoms with van der Waals surface area (Å²) in [6, 6.07) is 4.46. The second-order valence-corrected chi connectivity index (χ2v) is 5.97. The number of hydrogen-bond acceptors (Lipinski definition) is 3. The lowest BCUT2D eigenvalue weighted by Gasteiger charge is -2.31. The molecule has 1 saturated heterocycles. The lowest BCUT2D eigenvalue weighted by molar-refractivity contribution is -0.159. The molecule has 0 aromatic heterocycles. The smallest absolute Gasteiger partial charge is 0.334 e. The number of nitrogens with zero attached hydrogens (tertiary/aromatic N) is 1. The summed E-state index contributed by atoms with van der Waals surface area (Å²) in [4.78, 5) is 24.9. The number of halogens is 2. The molecule has 0 unspecified atom stereocenters. The van der Waals surface area contributed by atoms with Crippen LogP contribution in [-0.4, -0.2) is 47.7 Å². The molecule has 2 aliphatic rings. The first-order chi connectivity index (χ1) is 10.5. The fourth-order valence-electron chi connectivity index (χ4n) is 2.89. The van der Waals surface area contributed by atoms with Crippen molar-refractivity contribution in [3.63, 3.8) is 0 Å². The number of aliphatic carboxylic acids is 1. The molecule has 0 spiro atoms. The number of carboxylic acids is 1. The maximum Gasteiger partial charge on any atom is 0.334 e. The van der Waals surface area contributed by atoms with Gasteiger partial charge in [0.15, 0.2) is 6.10 Å². The summed E-state index contributed by atoms with van der Waals surface area (Å²) < 4.78 is 19.0. The highest BCUT2D eigenvalue weighted by Crippen LogP contribution is 2.51. The van der Waals surface area contributed by atoms with Gasteiger partial charge in [-0.25, -0.2) is 9.18 Å². The van der Waals surface area contributed by atoms with E-state index in [4.69, 9.17) is 21.4 Å². The molecule has 1 N–H and O–H groups in total. The van der Waals surface area contributed by atoms with E-state index < -0.39 is 17.9 Å². The van der Waals surface area contributed by atoms with Gasteiger partial charge in [0.2, 0.25) is 5.91 Å². The molecule has 7 heteroatoms. The highest BCUT2D eigenvalue weighted by Gasteiger charge is 2.48. The van der Waals surface area contributed by atoms with Gasteiger partial charge in [-0.3, -0.25) is 4.79 Å². The first-order valence-corrected chi connectivity index (χ1v) is 7.44. The van der Waals surface area contributed by atoms with E-state index >= 15 is 0 Å². The lowest BCUT2D eigenvalue weighted by Crippen LogP contribution is -2.49. The molecule has 0 radical (unpaired) electrons. The number of benzene rings is 1. The number of amides is 1. The van der Waals surface area contributed by atoms with Gasteiger partial charge in [0, 0.05) is 29.0 Å². The van der Waals surface area contributed by atoms with Crippen molar-refractivity contribution in [1.29, 1.82) is 0 Å². The zero-order chi connectivity index (χ0) is 15.9. The quantitative estimate of drug-likeness (QED) is 0.920. The molecule has 2 fully saturated rings. The highest BCUT2D eigenvalue weighted by atomic mass is 35.5. The average Bonchev–Trinajstić information content (AvgIpc) is 3.26. The molecule has 22 heavy (non-hydrogen) atoms. The van der Waals surface area contributed by atoms with Crippen LogP contribution in [0, 0.1) is 11.7 Å². The predicted molar refractivity (Wildman–Crippen MR) is 76.2 cm³/mol. The molecular weight excluding hydrogens is 313 g/mol. The molecule has 1 aromatic carbocycles. The van der Waals surface area contributed by atoms with E-state index in [0.29, 0.717) is 23.6 Å². The Morgan fingerprint density at radius 3 is 2.86 bits per heavy atom. The minimum Gasteiger partial charge on any atom is -0.479 e. The van der Waals surface area contributed by atoms with Gasteiger partial charge >= 0.3 is 5.97 Å². The molecule has 0 bridgehead atoms. The molecule has 118 valence electrons. The summed E-state index contributed by atoms with van der Waals surface area (Å²) >= 11 is 6.02. The number of ether oxygens (including phenoxy) is 1. The van der Waals surface area contributed by atoms with E-state index in [1.165, 1.54) is 17.0 Å². The van der Waals surface area contributed by atoms with Crippen molar-refractivity contribution >= 4 is 23.5 Å². The van der Waals surface area contributed by atoms with Gasteiger partial charge in [-0.2, -0.15) is 0 Å². The van der Waals surface area contributed by atoms with E-state index in [-0.39, 0.29) is 30.9 Å². The van der Waals surface area contributed by atoms with Crippen molar-refractivity contribution in [2.45, 2.75) is 18.4 Å². The minimum absolute atomic E-state index is 0.0301. The Morgan fingerprint density at radius 2 is 2.18 bits per heavy atom. The Kier molecular flexibility index (Phi) is 4.06. The second-order valence-electron chi connectivity index (χ2n) is 5.57. The lowest BCUT2D eigenvalue weighted by atomic mass is 10.1. The number of carboxylic acid groups (broad SMARTS) is 1. The van der Waals surface area contributed by atoms with Crippen LogP contribution in [0.5, 0.6) is 0 Å². The maximum atomic E-state index is 13.9. The van der Waals surface area contributed by atoms with Gasteiger partial charge in [0.25, 0.3) is 0 Å². The van der Waals surface area contributed by atoms with Gasteiger partial charge in [0.05, 0.1) is 13.2 Å². The molecular formula is C15H15ClFNO4. The molecule has 3 atom stereocenters. The average molecular weight is 328 g/mol. The van der Waals surface area contributed by atoms with Crippen molar-refractivity contribution in [1.82, 2.24) is 4.90 Å². The van der Waals surface area contributed by atoms with Crippen molar-refractivity contribution in [3.8, 4) is 0 Å². The zero-order valence-electron chi connectivity index (χ0n) is 11.7. The molecule has 1 aliphatic heterocycles. The van der Waals surface area contributed by atoms with Crippen LogP contribution >= 0.6 is 11.6 Å². The SMILES string of the molecule is O=C(O)[C@@H]1CN(C(=O)[C@@H]2C[C@@H]2c2c(F)cccc2Cl)CCO1. The van der Waals surface area contributed by atoms with Crippen molar-refractivity contribution < 1.29 is 23.8 Å². The van der Waals surface area contributed by atoms with E-state index in [2.05, 4.69) is 0 Å². The molecule has 3 rings (SSSR count). The van der Waals surface area contributed by atoms with E-state index in [9.17, 15) is 14.0 Å². The van der Waals surface area contributed by atoms with Gasteiger partial charge in [0.1, 0.15) is 5.82 Å². The number of morpholine rings is 1. The highest BCUT2D eigenvalue weighted by molar-refractivity contribution is 6.31. The van der Waals surface area contributed by atoms with E-state index in [1.807, 2.05) is 0 Å². The Labute approximate surface area is 131 Å². The fourth-order valence-corrected chi connectivity index (χ4v) is 3.19. The molecule has 1 saturated carbocycles.